The first-order valence-corrected chi connectivity index (χ1v) is 7.54. The molecule has 8 heteroatoms. The minimum atomic E-state index is -3.68. The van der Waals surface area contributed by atoms with E-state index in [0.717, 1.165) is 12.0 Å². The predicted octanol–water partition coefficient (Wildman–Crippen LogP) is 0.499. The van der Waals surface area contributed by atoms with E-state index in [-0.39, 0.29) is 23.2 Å². The second-order valence-corrected chi connectivity index (χ2v) is 5.86. The number of carbonyl (C=O) groups is 1. The molecule has 0 aliphatic carbocycles. The summed E-state index contributed by atoms with van der Waals surface area (Å²) in [4.78, 5) is 11.6. The van der Waals surface area contributed by atoms with Gasteiger partial charge in [-0.05, 0) is 24.1 Å². The van der Waals surface area contributed by atoms with E-state index in [1.54, 1.807) is 12.1 Å². The van der Waals surface area contributed by atoms with Gasteiger partial charge >= 0.3 is 0 Å². The van der Waals surface area contributed by atoms with Crippen LogP contribution in [0.2, 0.25) is 0 Å². The fourth-order valence-corrected chi connectivity index (χ4v) is 2.07. The quantitative estimate of drug-likeness (QED) is 0.707. The van der Waals surface area contributed by atoms with Crippen LogP contribution in [0.1, 0.15) is 25.3 Å². The van der Waals surface area contributed by atoms with Crippen molar-refractivity contribution in [3.8, 4) is 0 Å². The summed E-state index contributed by atoms with van der Waals surface area (Å²) in [5.41, 5.74) is 6.45. The van der Waals surface area contributed by atoms with Crippen molar-refractivity contribution < 1.29 is 13.2 Å². The summed E-state index contributed by atoms with van der Waals surface area (Å²) in [5.74, 6) is -0.211. The zero-order chi connectivity index (χ0) is 14.5. The number of nitrogens with one attached hydrogen (secondary N) is 1. The van der Waals surface area contributed by atoms with Crippen molar-refractivity contribution in [2.24, 2.45) is 10.9 Å². The van der Waals surface area contributed by atoms with E-state index in [0.29, 0.717) is 13.0 Å². The highest BCUT2D eigenvalue weighted by Gasteiger charge is 2.12. The predicted molar refractivity (Wildman–Crippen MR) is 79.8 cm³/mol. The largest absolute Gasteiger partial charge is 0.351 e. The maximum Gasteiger partial charge on any atom is 0.238 e. The van der Waals surface area contributed by atoms with Gasteiger partial charge in [-0.3, -0.25) is 4.79 Å². The Bertz CT molecular complexity index is 531. The van der Waals surface area contributed by atoms with E-state index < -0.39 is 16.1 Å². The van der Waals surface area contributed by atoms with Crippen molar-refractivity contribution in [2.75, 3.05) is 0 Å². The number of sulfonamides is 1. The Labute approximate surface area is 125 Å². The minimum Gasteiger partial charge on any atom is -0.351 e. The van der Waals surface area contributed by atoms with Gasteiger partial charge in [0, 0.05) is 6.54 Å². The van der Waals surface area contributed by atoms with Crippen molar-refractivity contribution in [1.29, 1.82) is 0 Å². The molecule has 6 nitrogen and oxygen atoms in total. The van der Waals surface area contributed by atoms with Gasteiger partial charge in [-0.15, -0.1) is 12.4 Å². The first-order chi connectivity index (χ1) is 8.84. The van der Waals surface area contributed by atoms with Crippen LogP contribution in [0.4, 0.5) is 0 Å². The van der Waals surface area contributed by atoms with E-state index in [1.807, 2.05) is 6.92 Å². The second-order valence-electron chi connectivity index (χ2n) is 4.30. The lowest BCUT2D eigenvalue weighted by Gasteiger charge is -2.11. The fraction of sp³-hybridized carbons (Fsp3) is 0.417. The maximum absolute atomic E-state index is 11.6. The molecule has 1 atom stereocenters. The molecule has 0 heterocycles. The van der Waals surface area contributed by atoms with Gasteiger partial charge in [0.2, 0.25) is 15.9 Å². The molecule has 0 bridgehead atoms. The van der Waals surface area contributed by atoms with E-state index >= 15 is 0 Å². The number of rotatable bonds is 6. The van der Waals surface area contributed by atoms with E-state index in [9.17, 15) is 13.2 Å². The fourth-order valence-electron chi connectivity index (χ4n) is 1.56. The maximum atomic E-state index is 11.6. The molecule has 1 aromatic rings. The highest BCUT2D eigenvalue weighted by molar-refractivity contribution is 7.89. The zero-order valence-corrected chi connectivity index (χ0v) is 12.8. The van der Waals surface area contributed by atoms with Crippen LogP contribution in [-0.2, 0) is 21.4 Å². The molecule has 0 aromatic heterocycles. The molecular formula is C12H20ClN3O3S. The summed E-state index contributed by atoms with van der Waals surface area (Å²) in [7, 11) is -3.68. The van der Waals surface area contributed by atoms with E-state index in [4.69, 9.17) is 10.9 Å². The molecule has 0 fully saturated rings. The summed E-state index contributed by atoms with van der Waals surface area (Å²) >= 11 is 0. The molecule has 5 N–H and O–H groups in total. The molecule has 0 aliphatic rings. The van der Waals surface area contributed by atoms with Crippen molar-refractivity contribution in [3.05, 3.63) is 29.8 Å². The van der Waals surface area contributed by atoms with Crippen LogP contribution >= 0.6 is 12.4 Å². The number of hydrogen-bond acceptors (Lipinski definition) is 4. The topological polar surface area (TPSA) is 115 Å². The molecule has 0 radical (unpaired) electrons. The summed E-state index contributed by atoms with van der Waals surface area (Å²) in [6.07, 6.45) is 1.48. The van der Waals surface area contributed by atoms with Gasteiger partial charge in [-0.25, -0.2) is 13.6 Å². The van der Waals surface area contributed by atoms with Gasteiger partial charge in [0.25, 0.3) is 0 Å². The Hall–Kier alpha value is -1.15. The summed E-state index contributed by atoms with van der Waals surface area (Å²) in [6, 6.07) is 5.51. The summed E-state index contributed by atoms with van der Waals surface area (Å²) in [6.45, 7) is 2.26. The first kappa shape index (κ1) is 18.9. The Morgan fingerprint density at radius 2 is 1.85 bits per heavy atom. The summed E-state index contributed by atoms with van der Waals surface area (Å²) < 4.78 is 22.1. The van der Waals surface area contributed by atoms with Crippen molar-refractivity contribution in [3.63, 3.8) is 0 Å². The monoisotopic (exact) mass is 321 g/mol. The molecule has 114 valence electrons. The third-order valence-electron chi connectivity index (χ3n) is 2.66. The Morgan fingerprint density at radius 1 is 1.30 bits per heavy atom. The normalized spacial score (nSPS) is 12.3. The molecule has 1 amide bonds. The number of carbonyl (C=O) groups excluding carboxylic acids is 1. The molecule has 1 unspecified atom stereocenters. The zero-order valence-electron chi connectivity index (χ0n) is 11.2. The molecule has 0 saturated carbocycles. The van der Waals surface area contributed by atoms with E-state index in [2.05, 4.69) is 5.32 Å². The lowest BCUT2D eigenvalue weighted by Crippen LogP contribution is -2.40. The highest BCUT2D eigenvalue weighted by atomic mass is 35.5. The third kappa shape index (κ3) is 5.87. The lowest BCUT2D eigenvalue weighted by atomic mass is 10.1. The molecular weight excluding hydrogens is 302 g/mol. The average Bonchev–Trinajstić information content (AvgIpc) is 2.35. The van der Waals surface area contributed by atoms with Gasteiger partial charge in [0.15, 0.2) is 0 Å². The van der Waals surface area contributed by atoms with Crippen molar-refractivity contribution in [1.82, 2.24) is 5.32 Å². The van der Waals surface area contributed by atoms with Crippen LogP contribution in [0.25, 0.3) is 0 Å². The SMILES string of the molecule is CCCC(N)C(=O)NCc1ccc(S(N)(=O)=O)cc1.Cl. The van der Waals surface area contributed by atoms with Crippen molar-refractivity contribution in [2.45, 2.75) is 37.2 Å². The van der Waals surface area contributed by atoms with Crippen LogP contribution in [0, 0.1) is 0 Å². The number of amides is 1. The van der Waals surface area contributed by atoms with Crippen molar-refractivity contribution >= 4 is 28.3 Å². The van der Waals surface area contributed by atoms with Crippen LogP contribution in [0.5, 0.6) is 0 Å². The van der Waals surface area contributed by atoms with Crippen LogP contribution in [-0.4, -0.2) is 20.4 Å². The minimum absolute atomic E-state index is 0. The highest BCUT2D eigenvalue weighted by Crippen LogP contribution is 2.08. The first-order valence-electron chi connectivity index (χ1n) is 5.99. The molecule has 1 rings (SSSR count). The number of primary sulfonamides is 1. The van der Waals surface area contributed by atoms with Gasteiger partial charge in [-0.1, -0.05) is 25.5 Å². The Balaban J connectivity index is 0.00000361. The smallest absolute Gasteiger partial charge is 0.238 e. The average molecular weight is 322 g/mol. The van der Waals surface area contributed by atoms with Crippen LogP contribution < -0.4 is 16.2 Å². The number of halogens is 1. The Morgan fingerprint density at radius 3 is 2.30 bits per heavy atom. The molecule has 20 heavy (non-hydrogen) atoms. The third-order valence-corrected chi connectivity index (χ3v) is 3.58. The van der Waals surface area contributed by atoms with Gasteiger partial charge < -0.3 is 11.1 Å². The van der Waals surface area contributed by atoms with E-state index in [1.165, 1.54) is 12.1 Å². The number of benzene rings is 1. The molecule has 1 aromatic carbocycles. The van der Waals surface area contributed by atoms with Gasteiger partial charge in [-0.2, -0.15) is 0 Å². The van der Waals surface area contributed by atoms with Gasteiger partial charge in [0.1, 0.15) is 0 Å². The molecule has 0 saturated heterocycles. The van der Waals surface area contributed by atoms with Gasteiger partial charge in [0.05, 0.1) is 10.9 Å². The molecule has 0 spiro atoms. The number of hydrogen-bond donors (Lipinski definition) is 3. The van der Waals surface area contributed by atoms with Crippen LogP contribution in [0.15, 0.2) is 29.2 Å². The summed E-state index contributed by atoms with van der Waals surface area (Å²) in [5, 5.41) is 7.69. The lowest BCUT2D eigenvalue weighted by molar-refractivity contribution is -0.122. The molecule has 0 aliphatic heterocycles. The Kier molecular flexibility index (Phi) is 7.74. The second kappa shape index (κ2) is 8.21. The standard InChI is InChI=1S/C12H19N3O3S.ClH/c1-2-3-11(13)12(16)15-8-9-4-6-10(7-5-9)19(14,17)18;/h4-7,11H,2-3,8,13H2,1H3,(H,15,16)(H2,14,17,18);1H. The number of nitrogens with two attached hydrogens (primary N) is 2. The van der Waals surface area contributed by atoms with Crippen LogP contribution in [0.3, 0.4) is 0 Å².